The molecule has 3 fully saturated rings. The maximum Gasteiger partial charge on any atom is 0.222 e. The summed E-state index contributed by atoms with van der Waals surface area (Å²) in [5.74, 6) is 2.10. The van der Waals surface area contributed by atoms with Crippen LogP contribution in [0.1, 0.15) is 31.2 Å². The number of rotatable bonds is 7. The SMILES string of the molecule is O=C(C[C@@H]1OC[C@@H]2CN(CCc3ccccc3)CC[C@@H]21)NCC1CC1. The Morgan fingerprint density at radius 2 is 2.04 bits per heavy atom. The van der Waals surface area contributed by atoms with Gasteiger partial charge in [0.05, 0.1) is 19.1 Å². The van der Waals surface area contributed by atoms with Crippen LogP contribution >= 0.6 is 0 Å². The summed E-state index contributed by atoms with van der Waals surface area (Å²) in [6.07, 6.45) is 5.54. The zero-order valence-corrected chi connectivity index (χ0v) is 15.0. The number of nitrogens with one attached hydrogen (secondary N) is 1. The van der Waals surface area contributed by atoms with Crippen molar-refractivity contribution in [1.29, 1.82) is 0 Å². The summed E-state index contributed by atoms with van der Waals surface area (Å²) in [6, 6.07) is 10.7. The van der Waals surface area contributed by atoms with Crippen LogP contribution in [0.3, 0.4) is 0 Å². The van der Waals surface area contributed by atoms with E-state index in [1.54, 1.807) is 0 Å². The van der Waals surface area contributed by atoms with Gasteiger partial charge in [0.1, 0.15) is 0 Å². The van der Waals surface area contributed by atoms with Gasteiger partial charge in [0.15, 0.2) is 0 Å². The largest absolute Gasteiger partial charge is 0.377 e. The molecule has 4 heteroatoms. The second kappa shape index (κ2) is 7.88. The van der Waals surface area contributed by atoms with Crippen LogP contribution in [0.25, 0.3) is 0 Å². The third kappa shape index (κ3) is 4.62. The molecule has 1 aromatic rings. The molecule has 3 aliphatic rings. The highest BCUT2D eigenvalue weighted by Gasteiger charge is 2.41. The molecule has 0 bridgehead atoms. The number of benzene rings is 1. The molecule has 0 spiro atoms. The minimum atomic E-state index is 0.139. The summed E-state index contributed by atoms with van der Waals surface area (Å²) in [4.78, 5) is 14.7. The van der Waals surface area contributed by atoms with Gasteiger partial charge in [-0.15, -0.1) is 0 Å². The van der Waals surface area contributed by atoms with Gasteiger partial charge < -0.3 is 15.0 Å². The molecule has 0 unspecified atom stereocenters. The maximum atomic E-state index is 12.1. The first-order chi connectivity index (χ1) is 12.3. The van der Waals surface area contributed by atoms with E-state index in [0.717, 1.165) is 45.1 Å². The van der Waals surface area contributed by atoms with Gasteiger partial charge in [0.2, 0.25) is 5.91 Å². The molecule has 3 atom stereocenters. The highest BCUT2D eigenvalue weighted by atomic mass is 16.5. The van der Waals surface area contributed by atoms with Gasteiger partial charge >= 0.3 is 0 Å². The normalized spacial score (nSPS) is 29.4. The van der Waals surface area contributed by atoms with Gasteiger partial charge in [-0.3, -0.25) is 4.79 Å². The Hall–Kier alpha value is -1.39. The lowest BCUT2D eigenvalue weighted by Crippen LogP contribution is -2.43. The molecule has 1 saturated carbocycles. The number of likely N-dealkylation sites (tertiary alicyclic amines) is 1. The van der Waals surface area contributed by atoms with Gasteiger partial charge in [-0.1, -0.05) is 30.3 Å². The van der Waals surface area contributed by atoms with E-state index in [4.69, 9.17) is 4.74 Å². The highest BCUT2D eigenvalue weighted by molar-refractivity contribution is 5.76. The fraction of sp³-hybridized carbons (Fsp3) is 0.667. The first kappa shape index (κ1) is 17.0. The number of hydrogen-bond donors (Lipinski definition) is 1. The molecule has 0 radical (unpaired) electrons. The smallest absolute Gasteiger partial charge is 0.222 e. The summed E-state index contributed by atoms with van der Waals surface area (Å²) < 4.78 is 6.02. The topological polar surface area (TPSA) is 41.6 Å². The van der Waals surface area contributed by atoms with Crippen LogP contribution in [0.2, 0.25) is 0 Å². The van der Waals surface area contributed by atoms with Crippen LogP contribution in [-0.2, 0) is 16.0 Å². The molecule has 2 aliphatic heterocycles. The van der Waals surface area contributed by atoms with E-state index in [1.807, 2.05) is 0 Å². The molecule has 1 N–H and O–H groups in total. The van der Waals surface area contributed by atoms with Gasteiger partial charge in [-0.05, 0) is 49.6 Å². The standard InChI is InChI=1S/C21H30N2O2/c24-21(22-13-17-6-7-17)12-20-19-9-11-23(14-18(19)15-25-20)10-8-16-4-2-1-3-5-16/h1-5,17-20H,6-15H2,(H,22,24)/t18-,19-,20-/m0/s1. The van der Waals surface area contributed by atoms with Crippen LogP contribution in [-0.4, -0.2) is 49.7 Å². The molecule has 2 saturated heterocycles. The van der Waals surface area contributed by atoms with Crippen molar-refractivity contribution in [1.82, 2.24) is 10.2 Å². The van der Waals surface area contributed by atoms with Gasteiger partial charge in [0, 0.05) is 25.6 Å². The van der Waals surface area contributed by atoms with Crippen molar-refractivity contribution in [2.75, 3.05) is 32.8 Å². The molecule has 0 aromatic heterocycles. The molecular formula is C21H30N2O2. The lowest BCUT2D eigenvalue weighted by molar-refractivity contribution is -0.123. The van der Waals surface area contributed by atoms with Crippen LogP contribution < -0.4 is 5.32 Å². The molecule has 4 nitrogen and oxygen atoms in total. The van der Waals surface area contributed by atoms with E-state index in [2.05, 4.69) is 40.5 Å². The van der Waals surface area contributed by atoms with E-state index in [0.29, 0.717) is 18.3 Å². The molecule has 4 rings (SSSR count). The van der Waals surface area contributed by atoms with Gasteiger partial charge in [0.25, 0.3) is 0 Å². The Morgan fingerprint density at radius 3 is 2.84 bits per heavy atom. The lowest BCUT2D eigenvalue weighted by Gasteiger charge is -2.35. The van der Waals surface area contributed by atoms with Crippen LogP contribution in [0.15, 0.2) is 30.3 Å². The lowest BCUT2D eigenvalue weighted by atomic mass is 9.83. The quantitative estimate of drug-likeness (QED) is 0.828. The molecule has 1 amide bonds. The van der Waals surface area contributed by atoms with Crippen LogP contribution in [0.4, 0.5) is 0 Å². The Kier molecular flexibility index (Phi) is 5.37. The summed E-state index contributed by atoms with van der Waals surface area (Å²) in [5.41, 5.74) is 1.41. The Bertz CT molecular complexity index is 573. The minimum Gasteiger partial charge on any atom is -0.377 e. The van der Waals surface area contributed by atoms with E-state index in [-0.39, 0.29) is 12.0 Å². The summed E-state index contributed by atoms with van der Waals surface area (Å²) >= 11 is 0. The first-order valence-corrected chi connectivity index (χ1v) is 9.92. The van der Waals surface area contributed by atoms with E-state index in [9.17, 15) is 4.79 Å². The van der Waals surface area contributed by atoms with Crippen LogP contribution in [0.5, 0.6) is 0 Å². The monoisotopic (exact) mass is 342 g/mol. The van der Waals surface area contributed by atoms with Gasteiger partial charge in [-0.25, -0.2) is 0 Å². The number of amides is 1. The summed E-state index contributed by atoms with van der Waals surface area (Å²) in [5, 5.41) is 3.08. The zero-order valence-electron chi connectivity index (χ0n) is 15.0. The average Bonchev–Trinajstić information content (AvgIpc) is 3.40. The Labute approximate surface area is 150 Å². The predicted molar refractivity (Wildman–Crippen MR) is 98.3 cm³/mol. The Balaban J connectivity index is 1.21. The second-order valence-corrected chi connectivity index (χ2v) is 8.07. The highest BCUT2D eigenvalue weighted by Crippen LogP contribution is 2.36. The maximum absolute atomic E-state index is 12.1. The molecule has 1 aliphatic carbocycles. The third-order valence-electron chi connectivity index (χ3n) is 6.11. The summed E-state index contributed by atoms with van der Waals surface area (Å²) in [6.45, 7) is 5.08. The average molecular weight is 342 g/mol. The van der Waals surface area contributed by atoms with Crippen LogP contribution in [0, 0.1) is 17.8 Å². The number of carbonyl (C=O) groups is 1. The fourth-order valence-electron chi connectivity index (χ4n) is 4.34. The number of fused-ring (bicyclic) bond motifs is 1. The van der Waals surface area contributed by atoms with Crippen molar-refractivity contribution >= 4 is 5.91 Å². The second-order valence-electron chi connectivity index (χ2n) is 8.07. The van der Waals surface area contributed by atoms with E-state index < -0.39 is 0 Å². The minimum absolute atomic E-state index is 0.139. The van der Waals surface area contributed by atoms with Crippen molar-refractivity contribution in [3.8, 4) is 0 Å². The first-order valence-electron chi connectivity index (χ1n) is 9.92. The van der Waals surface area contributed by atoms with E-state index in [1.165, 1.54) is 24.8 Å². The number of carbonyl (C=O) groups excluding carboxylic acids is 1. The van der Waals surface area contributed by atoms with Crippen molar-refractivity contribution < 1.29 is 9.53 Å². The summed E-state index contributed by atoms with van der Waals surface area (Å²) in [7, 11) is 0. The number of ether oxygens (including phenoxy) is 1. The predicted octanol–water partition coefficient (Wildman–Crippen LogP) is 2.48. The molecule has 2 heterocycles. The van der Waals surface area contributed by atoms with Crippen molar-refractivity contribution in [2.24, 2.45) is 17.8 Å². The van der Waals surface area contributed by atoms with Crippen molar-refractivity contribution in [3.05, 3.63) is 35.9 Å². The number of nitrogens with zero attached hydrogens (tertiary/aromatic N) is 1. The number of hydrogen-bond acceptors (Lipinski definition) is 3. The third-order valence-corrected chi connectivity index (χ3v) is 6.11. The fourth-order valence-corrected chi connectivity index (χ4v) is 4.34. The Morgan fingerprint density at radius 1 is 1.20 bits per heavy atom. The molecule has 136 valence electrons. The van der Waals surface area contributed by atoms with Crippen molar-refractivity contribution in [2.45, 2.75) is 38.2 Å². The van der Waals surface area contributed by atoms with Crippen molar-refractivity contribution in [3.63, 3.8) is 0 Å². The molecular weight excluding hydrogens is 312 g/mol. The zero-order chi connectivity index (χ0) is 17.1. The molecule has 1 aromatic carbocycles. The number of piperidine rings is 1. The van der Waals surface area contributed by atoms with Gasteiger partial charge in [-0.2, -0.15) is 0 Å². The molecule has 25 heavy (non-hydrogen) atoms. The van der Waals surface area contributed by atoms with E-state index >= 15 is 0 Å².